The minimum Gasteiger partial charge on any atom is -0.311 e. The molecule has 11 heavy (non-hydrogen) atoms. The summed E-state index contributed by atoms with van der Waals surface area (Å²) < 4.78 is 24.0. The lowest BCUT2D eigenvalue weighted by molar-refractivity contribution is 0.116. The van der Waals surface area contributed by atoms with Crippen LogP contribution in [0, 0.1) is 5.92 Å². The maximum atomic E-state index is 12.0. The predicted molar refractivity (Wildman–Crippen MR) is 38.7 cm³/mol. The minimum atomic E-state index is -2.10. The molecule has 3 heteroatoms. The van der Waals surface area contributed by atoms with Crippen molar-refractivity contribution in [3.05, 3.63) is 0 Å². The van der Waals surface area contributed by atoms with Crippen molar-refractivity contribution in [2.45, 2.75) is 44.2 Å². The number of hydrogen-bond acceptors (Lipinski definition) is 1. The number of halogens is 2. The van der Waals surface area contributed by atoms with E-state index in [0.717, 1.165) is 0 Å². The number of hydrogen-bond donors (Lipinski definition) is 1. The van der Waals surface area contributed by atoms with E-state index in [9.17, 15) is 8.78 Å². The topological polar surface area (TPSA) is 12.0 Å². The van der Waals surface area contributed by atoms with Crippen LogP contribution in [0.1, 0.15) is 25.7 Å². The first-order valence-corrected chi connectivity index (χ1v) is 4.31. The van der Waals surface area contributed by atoms with Crippen LogP contribution in [0.5, 0.6) is 0 Å². The highest BCUT2D eigenvalue weighted by Gasteiger charge is 2.45. The Morgan fingerprint density at radius 3 is 2.36 bits per heavy atom. The summed E-state index contributed by atoms with van der Waals surface area (Å²) in [7, 11) is 0. The molecule has 2 fully saturated rings. The van der Waals surface area contributed by atoms with E-state index in [0.29, 0.717) is 12.5 Å². The summed E-state index contributed by atoms with van der Waals surface area (Å²) in [5.74, 6) is -0.337. The molecule has 64 valence electrons. The van der Waals surface area contributed by atoms with E-state index in [2.05, 4.69) is 5.32 Å². The fourth-order valence-corrected chi connectivity index (χ4v) is 1.56. The molecule has 0 spiro atoms. The molecular weight excluding hydrogens is 148 g/mol. The fourth-order valence-electron chi connectivity index (χ4n) is 1.56. The molecule has 2 aliphatic rings. The third-order valence-electron chi connectivity index (χ3n) is 2.72. The van der Waals surface area contributed by atoms with E-state index in [4.69, 9.17) is 0 Å². The largest absolute Gasteiger partial charge is 0.311 e. The van der Waals surface area contributed by atoms with E-state index in [1.54, 1.807) is 0 Å². The third kappa shape index (κ3) is 1.53. The van der Waals surface area contributed by atoms with Gasteiger partial charge in [-0.15, -0.1) is 0 Å². The summed E-state index contributed by atoms with van der Waals surface area (Å²) in [5.41, 5.74) is 0. The van der Waals surface area contributed by atoms with Gasteiger partial charge in [0.1, 0.15) is 0 Å². The highest BCUT2D eigenvalue weighted by atomic mass is 19.3. The smallest absolute Gasteiger partial charge is 0.242 e. The molecular formula is C8H13F2N. The van der Waals surface area contributed by atoms with Gasteiger partial charge in [0, 0.05) is 18.0 Å². The molecule has 2 aliphatic carbocycles. The maximum Gasteiger partial charge on any atom is 0.242 e. The first-order valence-electron chi connectivity index (χ1n) is 4.31. The van der Waals surface area contributed by atoms with Gasteiger partial charge in [-0.25, -0.2) is 8.78 Å². The molecule has 2 atom stereocenters. The predicted octanol–water partition coefficient (Wildman–Crippen LogP) is 1.78. The summed E-state index contributed by atoms with van der Waals surface area (Å²) in [5, 5.41) is 3.24. The Balaban J connectivity index is 1.66. The van der Waals surface area contributed by atoms with Gasteiger partial charge in [0.15, 0.2) is 0 Å². The maximum absolute atomic E-state index is 12.0. The van der Waals surface area contributed by atoms with Crippen LogP contribution < -0.4 is 5.32 Å². The summed E-state index contributed by atoms with van der Waals surface area (Å²) in [6.07, 6.45) is 2.23. The Bertz CT molecular complexity index is 145. The fraction of sp³-hybridized carbons (Fsp3) is 1.00. The van der Waals surface area contributed by atoms with Crippen LogP contribution in [-0.4, -0.2) is 18.5 Å². The first kappa shape index (κ1) is 7.47. The Morgan fingerprint density at radius 1 is 1.27 bits per heavy atom. The van der Waals surface area contributed by atoms with Gasteiger partial charge in [-0.3, -0.25) is 0 Å². The van der Waals surface area contributed by atoms with Crippen molar-refractivity contribution in [2.75, 3.05) is 0 Å². The van der Waals surface area contributed by atoms with Crippen LogP contribution in [0.2, 0.25) is 0 Å². The number of nitrogens with one attached hydrogen (secondary N) is 1. The van der Waals surface area contributed by atoms with Gasteiger partial charge in [0.05, 0.1) is 0 Å². The second kappa shape index (κ2) is 2.70. The van der Waals surface area contributed by atoms with E-state index < -0.39 is 6.43 Å². The summed E-state index contributed by atoms with van der Waals surface area (Å²) in [4.78, 5) is 0. The van der Waals surface area contributed by atoms with E-state index in [-0.39, 0.29) is 12.0 Å². The molecule has 0 aromatic carbocycles. The molecule has 2 rings (SSSR count). The average molecular weight is 161 g/mol. The molecule has 0 heterocycles. The highest BCUT2D eigenvalue weighted by Crippen LogP contribution is 2.37. The lowest BCUT2D eigenvalue weighted by atomic mass is 9.93. The summed E-state index contributed by atoms with van der Waals surface area (Å²) in [6.45, 7) is 0. The quantitative estimate of drug-likeness (QED) is 0.665. The van der Waals surface area contributed by atoms with Gasteiger partial charge in [0.2, 0.25) is 6.43 Å². The van der Waals surface area contributed by atoms with Gasteiger partial charge >= 0.3 is 0 Å². The monoisotopic (exact) mass is 161 g/mol. The van der Waals surface area contributed by atoms with Crippen LogP contribution >= 0.6 is 0 Å². The average Bonchev–Trinajstić information content (AvgIpc) is 2.57. The highest BCUT2D eigenvalue weighted by molar-refractivity contribution is 4.97. The van der Waals surface area contributed by atoms with Crippen LogP contribution in [-0.2, 0) is 0 Å². The van der Waals surface area contributed by atoms with Gasteiger partial charge in [0.25, 0.3) is 0 Å². The minimum absolute atomic E-state index is 0.139. The van der Waals surface area contributed by atoms with Crippen LogP contribution in [0.25, 0.3) is 0 Å². The van der Waals surface area contributed by atoms with Gasteiger partial charge in [-0.1, -0.05) is 6.42 Å². The molecule has 0 unspecified atom stereocenters. The molecule has 0 amide bonds. The normalized spacial score (nSPS) is 37.4. The Hall–Kier alpha value is -0.180. The molecule has 2 saturated carbocycles. The molecule has 1 N–H and O–H groups in total. The molecule has 0 radical (unpaired) electrons. The van der Waals surface area contributed by atoms with Crippen molar-refractivity contribution in [3.8, 4) is 0 Å². The van der Waals surface area contributed by atoms with Crippen molar-refractivity contribution < 1.29 is 8.78 Å². The van der Waals surface area contributed by atoms with Crippen molar-refractivity contribution in [2.24, 2.45) is 5.92 Å². The van der Waals surface area contributed by atoms with Crippen molar-refractivity contribution >= 4 is 0 Å². The second-order valence-electron chi connectivity index (χ2n) is 3.63. The van der Waals surface area contributed by atoms with Gasteiger partial charge < -0.3 is 5.32 Å². The van der Waals surface area contributed by atoms with E-state index in [1.807, 2.05) is 0 Å². The second-order valence-corrected chi connectivity index (χ2v) is 3.63. The SMILES string of the molecule is FC(F)[C@H]1C[C@@H]1NC1CCC1. The zero-order valence-corrected chi connectivity index (χ0v) is 6.39. The van der Waals surface area contributed by atoms with E-state index in [1.165, 1.54) is 19.3 Å². The van der Waals surface area contributed by atoms with Crippen LogP contribution in [0.15, 0.2) is 0 Å². The molecule has 0 bridgehead atoms. The Morgan fingerprint density at radius 2 is 2.00 bits per heavy atom. The standard InChI is InChI=1S/C8H13F2N/c9-8(10)6-4-7(6)11-5-2-1-3-5/h5-8,11H,1-4H2/t6-,7-/m0/s1. The number of alkyl halides is 2. The zero-order chi connectivity index (χ0) is 7.84. The zero-order valence-electron chi connectivity index (χ0n) is 6.39. The van der Waals surface area contributed by atoms with Crippen molar-refractivity contribution in [3.63, 3.8) is 0 Å². The van der Waals surface area contributed by atoms with Crippen LogP contribution in [0.3, 0.4) is 0 Å². The molecule has 0 aliphatic heterocycles. The summed E-state index contributed by atoms with van der Waals surface area (Å²) >= 11 is 0. The summed E-state index contributed by atoms with van der Waals surface area (Å²) in [6, 6.07) is 0.698. The first-order chi connectivity index (χ1) is 5.27. The molecule has 0 saturated heterocycles. The lowest BCUT2D eigenvalue weighted by Crippen LogP contribution is -2.37. The number of rotatable bonds is 3. The van der Waals surface area contributed by atoms with Crippen LogP contribution in [0.4, 0.5) is 8.78 Å². The molecule has 0 aromatic rings. The van der Waals surface area contributed by atoms with E-state index >= 15 is 0 Å². The van der Waals surface area contributed by atoms with Crippen molar-refractivity contribution in [1.82, 2.24) is 5.32 Å². The third-order valence-corrected chi connectivity index (χ3v) is 2.72. The molecule has 1 nitrogen and oxygen atoms in total. The van der Waals surface area contributed by atoms with Gasteiger partial charge in [-0.05, 0) is 19.3 Å². The Labute approximate surface area is 65.2 Å². The van der Waals surface area contributed by atoms with Gasteiger partial charge in [-0.2, -0.15) is 0 Å². The molecule has 0 aromatic heterocycles. The lowest BCUT2D eigenvalue weighted by Gasteiger charge is -2.26. The Kier molecular flexibility index (Phi) is 1.83. The van der Waals surface area contributed by atoms with Crippen molar-refractivity contribution in [1.29, 1.82) is 0 Å².